The molecule has 10 heteroatoms. The Morgan fingerprint density at radius 1 is 1.28 bits per heavy atom. The lowest BCUT2D eigenvalue weighted by molar-refractivity contribution is 0.0704. The molecule has 8 nitrogen and oxygen atoms in total. The van der Waals surface area contributed by atoms with E-state index in [9.17, 15) is 9.90 Å². The summed E-state index contributed by atoms with van der Waals surface area (Å²) in [5, 5.41) is 16.0. The Hall–Kier alpha value is -2.36. The molecule has 4 rings (SSSR count). The highest BCUT2D eigenvalue weighted by Crippen LogP contribution is 2.39. The van der Waals surface area contributed by atoms with E-state index in [4.69, 9.17) is 16.3 Å². The van der Waals surface area contributed by atoms with Crippen molar-refractivity contribution < 1.29 is 14.6 Å². The van der Waals surface area contributed by atoms with Crippen LogP contribution in [0, 0.1) is 6.92 Å². The third-order valence-corrected chi connectivity index (χ3v) is 6.07. The average Bonchev–Trinajstić information content (AvgIpc) is 3.20. The van der Waals surface area contributed by atoms with E-state index in [-0.39, 0.29) is 17.2 Å². The predicted molar refractivity (Wildman–Crippen MR) is 111 cm³/mol. The molecular formula is C19H22ClN5O3S. The maximum absolute atomic E-state index is 12.1. The van der Waals surface area contributed by atoms with E-state index >= 15 is 0 Å². The molecule has 1 amide bonds. The summed E-state index contributed by atoms with van der Waals surface area (Å²) in [5.74, 6) is 0.652. The fraction of sp³-hybridized carbons (Fsp3) is 0.421. The number of carbonyl (C=O) groups is 1. The van der Waals surface area contributed by atoms with Crippen LogP contribution in [-0.4, -0.2) is 68.4 Å². The van der Waals surface area contributed by atoms with Crippen LogP contribution in [0.4, 0.5) is 4.79 Å². The zero-order valence-corrected chi connectivity index (χ0v) is 17.8. The minimum atomic E-state index is -0.289. The van der Waals surface area contributed by atoms with Crippen LogP contribution < -0.4 is 0 Å². The number of hydrogen-bond donors (Lipinski definition) is 1. The smallest absolute Gasteiger partial charge is 0.409 e. The van der Waals surface area contributed by atoms with Gasteiger partial charge in [-0.05, 0) is 31.5 Å². The second-order valence-corrected chi connectivity index (χ2v) is 8.21. The monoisotopic (exact) mass is 435 g/mol. The number of thiazole rings is 1. The fourth-order valence-electron chi connectivity index (χ4n) is 3.64. The van der Waals surface area contributed by atoms with Crippen LogP contribution in [-0.2, 0) is 4.74 Å². The quantitative estimate of drug-likeness (QED) is 0.676. The van der Waals surface area contributed by atoms with Gasteiger partial charge >= 0.3 is 6.09 Å². The maximum atomic E-state index is 12.1. The summed E-state index contributed by atoms with van der Waals surface area (Å²) in [6.45, 7) is 6.36. The number of amides is 1. The van der Waals surface area contributed by atoms with Gasteiger partial charge in [0.1, 0.15) is 11.5 Å². The number of fused-ring (bicyclic) bond motifs is 1. The predicted octanol–water partition coefficient (Wildman–Crippen LogP) is 3.32. The number of halogens is 1. The first kappa shape index (κ1) is 19.9. The normalized spacial score (nSPS) is 16.3. The van der Waals surface area contributed by atoms with Crippen molar-refractivity contribution in [3.8, 4) is 5.06 Å². The summed E-state index contributed by atoms with van der Waals surface area (Å²) >= 11 is 7.30. The van der Waals surface area contributed by atoms with Crippen molar-refractivity contribution in [2.45, 2.75) is 19.9 Å². The first-order valence-corrected chi connectivity index (χ1v) is 10.6. The molecule has 29 heavy (non-hydrogen) atoms. The molecule has 0 aliphatic carbocycles. The van der Waals surface area contributed by atoms with Crippen molar-refractivity contribution in [1.29, 1.82) is 0 Å². The number of nitrogens with zero attached hydrogens (tertiary/aromatic N) is 5. The van der Waals surface area contributed by atoms with Crippen LogP contribution in [0.15, 0.2) is 24.3 Å². The Balaban J connectivity index is 1.69. The molecule has 1 aliphatic rings. The number of aromatic hydroxyl groups is 1. The number of carbonyl (C=O) groups excluding carboxylic acids is 1. The third-order valence-electron chi connectivity index (χ3n) is 4.97. The number of aryl methyl sites for hydroxylation is 1. The molecule has 0 saturated carbocycles. The minimum Gasteiger partial charge on any atom is -0.498 e. The van der Waals surface area contributed by atoms with Gasteiger partial charge in [0.05, 0.1) is 12.6 Å². The molecule has 1 atom stereocenters. The third kappa shape index (κ3) is 3.90. The average molecular weight is 436 g/mol. The Labute approximate surface area is 177 Å². The number of benzene rings is 1. The summed E-state index contributed by atoms with van der Waals surface area (Å²) in [5.41, 5.74) is 1.67. The van der Waals surface area contributed by atoms with Crippen LogP contribution in [0.25, 0.3) is 4.96 Å². The summed E-state index contributed by atoms with van der Waals surface area (Å²) in [6, 6.07) is 7.35. The van der Waals surface area contributed by atoms with Gasteiger partial charge in [-0.25, -0.2) is 14.3 Å². The molecule has 1 aliphatic heterocycles. The van der Waals surface area contributed by atoms with Gasteiger partial charge in [0, 0.05) is 31.2 Å². The molecule has 1 N–H and O–H groups in total. The summed E-state index contributed by atoms with van der Waals surface area (Å²) in [4.78, 5) is 21.0. The van der Waals surface area contributed by atoms with Gasteiger partial charge in [0.15, 0.2) is 5.06 Å². The van der Waals surface area contributed by atoms with Gasteiger partial charge in [0.25, 0.3) is 0 Å². The number of rotatable bonds is 4. The maximum Gasteiger partial charge on any atom is 0.409 e. The number of piperazine rings is 1. The van der Waals surface area contributed by atoms with Crippen molar-refractivity contribution in [1.82, 2.24) is 24.4 Å². The number of hydrogen-bond acceptors (Lipinski definition) is 7. The molecule has 0 spiro atoms. The summed E-state index contributed by atoms with van der Waals surface area (Å²) in [7, 11) is 0. The van der Waals surface area contributed by atoms with Crippen LogP contribution in [0.3, 0.4) is 0 Å². The lowest BCUT2D eigenvalue weighted by Crippen LogP contribution is -2.50. The molecular weight excluding hydrogens is 414 g/mol. The minimum absolute atomic E-state index is 0.188. The molecule has 1 fully saturated rings. The van der Waals surface area contributed by atoms with E-state index in [0.29, 0.717) is 54.3 Å². The van der Waals surface area contributed by atoms with E-state index in [1.165, 1.54) is 11.3 Å². The van der Waals surface area contributed by atoms with Crippen LogP contribution in [0.5, 0.6) is 5.06 Å². The first-order valence-electron chi connectivity index (χ1n) is 9.44. The standard InChI is InChI=1S/C19H22ClN5O3S/c1-3-28-19(27)24-10-8-23(9-11-24)15(13-4-6-14(20)7-5-13)16-17(26)29-18-21-12(2)22-25(16)18/h4-7,15,26H,3,8-11H2,1-2H3. The van der Waals surface area contributed by atoms with Crippen molar-refractivity contribution in [3.63, 3.8) is 0 Å². The molecule has 1 saturated heterocycles. The SMILES string of the molecule is CCOC(=O)N1CCN(C(c2ccc(Cl)cc2)c2c(O)sc3nc(C)nn23)CC1. The highest BCUT2D eigenvalue weighted by Gasteiger charge is 2.33. The van der Waals surface area contributed by atoms with Crippen molar-refractivity contribution in [2.75, 3.05) is 32.8 Å². The van der Waals surface area contributed by atoms with Gasteiger partial charge in [-0.1, -0.05) is 35.1 Å². The van der Waals surface area contributed by atoms with Crippen LogP contribution >= 0.6 is 22.9 Å². The molecule has 0 radical (unpaired) electrons. The van der Waals surface area contributed by atoms with Crippen molar-refractivity contribution >= 4 is 34.0 Å². The van der Waals surface area contributed by atoms with E-state index in [2.05, 4.69) is 15.0 Å². The van der Waals surface area contributed by atoms with E-state index in [1.54, 1.807) is 16.3 Å². The van der Waals surface area contributed by atoms with E-state index < -0.39 is 0 Å². The van der Waals surface area contributed by atoms with Crippen LogP contribution in [0.1, 0.15) is 30.0 Å². The van der Waals surface area contributed by atoms with Crippen LogP contribution in [0.2, 0.25) is 5.02 Å². The zero-order chi connectivity index (χ0) is 20.5. The fourth-order valence-corrected chi connectivity index (χ4v) is 4.65. The largest absolute Gasteiger partial charge is 0.498 e. The zero-order valence-electron chi connectivity index (χ0n) is 16.2. The molecule has 154 valence electrons. The summed E-state index contributed by atoms with van der Waals surface area (Å²) < 4.78 is 6.83. The van der Waals surface area contributed by atoms with Gasteiger partial charge in [-0.2, -0.15) is 5.10 Å². The first-order chi connectivity index (χ1) is 14.0. The molecule has 3 heterocycles. The topological polar surface area (TPSA) is 83.2 Å². The highest BCUT2D eigenvalue weighted by atomic mass is 35.5. The molecule has 1 aromatic carbocycles. The van der Waals surface area contributed by atoms with Crippen molar-refractivity contribution in [2.24, 2.45) is 0 Å². The Kier molecular flexibility index (Phi) is 5.62. The number of ether oxygens (including phenoxy) is 1. The van der Waals surface area contributed by atoms with Gasteiger partial charge in [0.2, 0.25) is 4.96 Å². The summed E-state index contributed by atoms with van der Waals surface area (Å²) in [6.07, 6.45) is -0.289. The number of aromatic nitrogens is 3. The lowest BCUT2D eigenvalue weighted by Gasteiger charge is -2.38. The lowest BCUT2D eigenvalue weighted by atomic mass is 10.0. The van der Waals surface area contributed by atoms with Gasteiger partial charge in [-0.15, -0.1) is 0 Å². The van der Waals surface area contributed by atoms with E-state index in [0.717, 1.165) is 5.56 Å². The Morgan fingerprint density at radius 3 is 2.62 bits per heavy atom. The van der Waals surface area contributed by atoms with Gasteiger partial charge in [-0.3, -0.25) is 4.90 Å². The Bertz CT molecular complexity index is 1010. The molecule has 2 aromatic heterocycles. The molecule has 0 bridgehead atoms. The molecule has 3 aromatic rings. The highest BCUT2D eigenvalue weighted by molar-refractivity contribution is 7.18. The van der Waals surface area contributed by atoms with Gasteiger partial charge < -0.3 is 14.7 Å². The second-order valence-electron chi connectivity index (χ2n) is 6.82. The van der Waals surface area contributed by atoms with Crippen molar-refractivity contribution in [3.05, 3.63) is 46.4 Å². The van der Waals surface area contributed by atoms with E-state index in [1.807, 2.05) is 31.2 Å². The Morgan fingerprint density at radius 2 is 1.97 bits per heavy atom. The second kappa shape index (κ2) is 8.17. The molecule has 1 unspecified atom stereocenters.